The lowest BCUT2D eigenvalue weighted by molar-refractivity contribution is -0.123. The third kappa shape index (κ3) is 2.12. The maximum Gasteiger partial charge on any atom is 0.253 e. The lowest BCUT2D eigenvalue weighted by Gasteiger charge is -2.29. The van der Waals surface area contributed by atoms with Crippen LogP contribution in [0, 0.1) is 0 Å². The molecule has 0 aromatic carbocycles. The molecular weight excluding hydrogens is 210 g/mol. The van der Waals surface area contributed by atoms with Gasteiger partial charge in [-0.2, -0.15) is 11.8 Å². The zero-order valence-corrected chi connectivity index (χ0v) is 9.82. The number of aliphatic imine (C=N–C) groups is 1. The first-order valence-electron chi connectivity index (χ1n) is 5.49. The molecule has 1 atom stereocenters. The Balaban J connectivity index is 2.05. The number of hydrogen-bond donors (Lipinski definition) is 2. The maximum absolute atomic E-state index is 11.9. The molecule has 84 valence electrons. The molecule has 0 aromatic heterocycles. The Bertz CT molecular complexity index is 284. The SMILES string of the molecule is CCCN=C1NC(=O)C2(CCCSC2)N1. The van der Waals surface area contributed by atoms with Crippen LogP contribution in [0.2, 0.25) is 0 Å². The van der Waals surface area contributed by atoms with Crippen molar-refractivity contribution < 1.29 is 4.79 Å². The molecule has 0 radical (unpaired) electrons. The van der Waals surface area contributed by atoms with Gasteiger partial charge in [0.25, 0.3) is 5.91 Å². The van der Waals surface area contributed by atoms with Crippen LogP contribution in [0.3, 0.4) is 0 Å². The molecule has 2 heterocycles. The van der Waals surface area contributed by atoms with Crippen LogP contribution in [0.5, 0.6) is 0 Å². The van der Waals surface area contributed by atoms with Gasteiger partial charge < -0.3 is 5.32 Å². The number of carbonyl (C=O) groups excluding carboxylic acids is 1. The van der Waals surface area contributed by atoms with Crippen molar-refractivity contribution in [1.29, 1.82) is 0 Å². The number of rotatable bonds is 2. The van der Waals surface area contributed by atoms with Crippen molar-refractivity contribution in [3.63, 3.8) is 0 Å². The Morgan fingerprint density at radius 3 is 3.13 bits per heavy atom. The summed E-state index contributed by atoms with van der Waals surface area (Å²) in [7, 11) is 0. The van der Waals surface area contributed by atoms with Crippen molar-refractivity contribution in [3.8, 4) is 0 Å². The quantitative estimate of drug-likeness (QED) is 0.731. The van der Waals surface area contributed by atoms with E-state index >= 15 is 0 Å². The van der Waals surface area contributed by atoms with Gasteiger partial charge in [-0.1, -0.05) is 6.92 Å². The van der Waals surface area contributed by atoms with Crippen LogP contribution in [0.4, 0.5) is 0 Å². The fraction of sp³-hybridized carbons (Fsp3) is 0.800. The second-order valence-electron chi connectivity index (χ2n) is 4.05. The molecule has 4 nitrogen and oxygen atoms in total. The van der Waals surface area contributed by atoms with Crippen molar-refractivity contribution in [1.82, 2.24) is 10.6 Å². The molecule has 15 heavy (non-hydrogen) atoms. The summed E-state index contributed by atoms with van der Waals surface area (Å²) in [4.78, 5) is 16.2. The van der Waals surface area contributed by atoms with Gasteiger partial charge in [-0.15, -0.1) is 0 Å². The van der Waals surface area contributed by atoms with Gasteiger partial charge in [-0.3, -0.25) is 15.1 Å². The summed E-state index contributed by atoms with van der Waals surface area (Å²) in [5, 5.41) is 6.10. The van der Waals surface area contributed by atoms with Crippen LogP contribution in [-0.4, -0.2) is 35.5 Å². The molecule has 2 saturated heterocycles. The summed E-state index contributed by atoms with van der Waals surface area (Å²) < 4.78 is 0. The van der Waals surface area contributed by atoms with E-state index in [-0.39, 0.29) is 11.4 Å². The first-order valence-corrected chi connectivity index (χ1v) is 6.64. The third-order valence-electron chi connectivity index (χ3n) is 2.76. The van der Waals surface area contributed by atoms with Crippen molar-refractivity contribution in [3.05, 3.63) is 0 Å². The molecule has 0 bridgehead atoms. The minimum absolute atomic E-state index is 0.101. The molecule has 2 N–H and O–H groups in total. The second-order valence-corrected chi connectivity index (χ2v) is 5.15. The van der Waals surface area contributed by atoms with Crippen molar-refractivity contribution in [2.75, 3.05) is 18.1 Å². The van der Waals surface area contributed by atoms with E-state index < -0.39 is 0 Å². The third-order valence-corrected chi connectivity index (χ3v) is 4.03. The standard InChI is InChI=1S/C10H17N3OS/c1-2-5-11-9-12-8(14)10(13-9)4-3-6-15-7-10/h2-7H2,1H3,(H2,11,12,13,14). The van der Waals surface area contributed by atoms with Gasteiger partial charge in [-0.25, -0.2) is 0 Å². The number of thioether (sulfide) groups is 1. The Hall–Kier alpha value is -0.710. The molecular formula is C10H17N3OS. The lowest BCUT2D eigenvalue weighted by atomic mass is 9.96. The van der Waals surface area contributed by atoms with E-state index in [1.807, 2.05) is 11.8 Å². The fourth-order valence-corrected chi connectivity index (χ4v) is 3.11. The number of nitrogens with one attached hydrogen (secondary N) is 2. The molecule has 1 unspecified atom stereocenters. The van der Waals surface area contributed by atoms with Gasteiger partial charge in [0.15, 0.2) is 5.96 Å². The smallest absolute Gasteiger partial charge is 0.253 e. The van der Waals surface area contributed by atoms with Crippen LogP contribution in [0.25, 0.3) is 0 Å². The molecule has 1 spiro atoms. The maximum atomic E-state index is 11.9. The van der Waals surface area contributed by atoms with E-state index in [4.69, 9.17) is 0 Å². The van der Waals surface area contributed by atoms with Crippen molar-refractivity contribution in [2.24, 2.45) is 4.99 Å². The average Bonchev–Trinajstić information content (AvgIpc) is 2.54. The first-order chi connectivity index (χ1) is 7.27. The van der Waals surface area contributed by atoms with E-state index in [1.165, 1.54) is 0 Å². The summed E-state index contributed by atoms with van der Waals surface area (Å²) in [6, 6.07) is 0. The molecule has 0 aliphatic carbocycles. The molecule has 0 saturated carbocycles. The average molecular weight is 227 g/mol. The van der Waals surface area contributed by atoms with Gasteiger partial charge >= 0.3 is 0 Å². The van der Waals surface area contributed by atoms with Gasteiger partial charge in [0.1, 0.15) is 5.54 Å². The van der Waals surface area contributed by atoms with Gasteiger partial charge in [0.05, 0.1) is 0 Å². The predicted octanol–water partition coefficient (Wildman–Crippen LogP) is 0.738. The summed E-state index contributed by atoms with van der Waals surface area (Å²) >= 11 is 1.84. The van der Waals surface area contributed by atoms with E-state index in [9.17, 15) is 4.79 Å². The highest BCUT2D eigenvalue weighted by Crippen LogP contribution is 2.28. The number of carbonyl (C=O) groups is 1. The number of guanidine groups is 1. The van der Waals surface area contributed by atoms with E-state index in [1.54, 1.807) is 0 Å². The molecule has 1 amide bonds. The van der Waals surface area contributed by atoms with E-state index in [2.05, 4.69) is 22.5 Å². The zero-order chi connectivity index (χ0) is 10.7. The van der Waals surface area contributed by atoms with Crippen molar-refractivity contribution >= 4 is 23.6 Å². The molecule has 2 aliphatic rings. The Morgan fingerprint density at radius 2 is 2.47 bits per heavy atom. The van der Waals surface area contributed by atoms with E-state index in [0.717, 1.165) is 37.3 Å². The number of amides is 1. The minimum atomic E-state index is -0.366. The Kier molecular flexibility index (Phi) is 3.19. The summed E-state index contributed by atoms with van der Waals surface area (Å²) in [5.74, 6) is 2.80. The minimum Gasteiger partial charge on any atom is -0.341 e. The molecule has 2 rings (SSSR count). The lowest BCUT2D eigenvalue weighted by Crippen LogP contribution is -2.51. The van der Waals surface area contributed by atoms with Gasteiger partial charge in [0, 0.05) is 12.3 Å². The second kappa shape index (κ2) is 4.43. The summed E-state index contributed by atoms with van der Waals surface area (Å²) in [6.45, 7) is 2.85. The van der Waals surface area contributed by atoms with Gasteiger partial charge in [0.2, 0.25) is 0 Å². The monoisotopic (exact) mass is 227 g/mol. The van der Waals surface area contributed by atoms with E-state index in [0.29, 0.717) is 5.96 Å². The largest absolute Gasteiger partial charge is 0.341 e. The van der Waals surface area contributed by atoms with Crippen molar-refractivity contribution in [2.45, 2.75) is 31.7 Å². The van der Waals surface area contributed by atoms with Gasteiger partial charge in [-0.05, 0) is 25.0 Å². The summed E-state index contributed by atoms with van der Waals surface area (Å²) in [6.07, 6.45) is 3.03. The molecule has 5 heteroatoms. The first kappa shape index (κ1) is 10.8. The number of nitrogens with zero attached hydrogens (tertiary/aromatic N) is 1. The highest BCUT2D eigenvalue weighted by Gasteiger charge is 2.45. The topological polar surface area (TPSA) is 53.5 Å². The van der Waals surface area contributed by atoms with Crippen LogP contribution in [0.15, 0.2) is 4.99 Å². The number of hydrogen-bond acceptors (Lipinski definition) is 3. The van der Waals surface area contributed by atoms with Crippen LogP contribution >= 0.6 is 11.8 Å². The van der Waals surface area contributed by atoms with Crippen LogP contribution in [-0.2, 0) is 4.79 Å². The normalized spacial score (nSPS) is 33.1. The van der Waals surface area contributed by atoms with Crippen LogP contribution in [0.1, 0.15) is 26.2 Å². The molecule has 0 aromatic rings. The molecule has 2 fully saturated rings. The summed E-state index contributed by atoms with van der Waals surface area (Å²) in [5.41, 5.74) is -0.366. The van der Waals surface area contributed by atoms with Crippen LogP contribution < -0.4 is 10.6 Å². The Morgan fingerprint density at radius 1 is 1.60 bits per heavy atom. The molecule has 2 aliphatic heterocycles. The predicted molar refractivity (Wildman–Crippen MR) is 63.2 cm³/mol. The highest BCUT2D eigenvalue weighted by molar-refractivity contribution is 7.99. The zero-order valence-electron chi connectivity index (χ0n) is 9.01. The fourth-order valence-electron chi connectivity index (χ4n) is 1.92. The highest BCUT2D eigenvalue weighted by atomic mass is 32.2. The Labute approximate surface area is 94.3 Å².